The van der Waals surface area contributed by atoms with E-state index >= 15 is 0 Å². The van der Waals surface area contributed by atoms with Crippen molar-refractivity contribution < 1.29 is 34.8 Å². The Hall–Kier alpha value is -8.06. The maximum Gasteiger partial charge on any atom is 0.339 e. The van der Waals surface area contributed by atoms with Gasteiger partial charge in [-0.3, -0.25) is 15.6 Å². The first-order valence-corrected chi connectivity index (χ1v) is 26.8. The number of aromatic nitrogens is 7. The second-order valence-electron chi connectivity index (χ2n) is 17.8. The molecule has 74 heavy (non-hydrogen) atoms. The molecule has 10 rings (SSSR count). The van der Waals surface area contributed by atoms with Crippen LogP contribution in [0, 0.1) is 0 Å². The fraction of sp³-hybridized carbons (Fsp3) is 0.280. The lowest BCUT2D eigenvalue weighted by Gasteiger charge is -2.32. The number of piperazine rings is 1. The number of hydrogen-bond donors (Lipinski definition) is 7. The first-order chi connectivity index (χ1) is 35.8. The molecular weight excluding hydrogens is 989 g/mol. The van der Waals surface area contributed by atoms with Gasteiger partial charge in [-0.15, -0.1) is 0 Å². The molecule has 1 saturated carbocycles. The second kappa shape index (κ2) is 23.2. The third-order valence-corrected chi connectivity index (χ3v) is 14.8. The van der Waals surface area contributed by atoms with E-state index in [-0.39, 0.29) is 39.2 Å². The summed E-state index contributed by atoms with van der Waals surface area (Å²) in [6.07, 6.45) is 13.9. The fourth-order valence-corrected chi connectivity index (χ4v) is 10.2. The Bertz CT molecular complexity index is 3380. The maximum absolute atomic E-state index is 12.8. The lowest BCUT2D eigenvalue weighted by atomic mass is 10.2. The molecule has 1 saturated heterocycles. The van der Waals surface area contributed by atoms with Gasteiger partial charge in [-0.1, -0.05) is 18.9 Å². The van der Waals surface area contributed by atoms with Gasteiger partial charge < -0.3 is 48.7 Å². The molecule has 0 spiro atoms. The van der Waals surface area contributed by atoms with E-state index in [4.69, 9.17) is 8.37 Å². The number of nitrogens with zero attached hydrogens (tertiary/aromatic N) is 7. The highest BCUT2D eigenvalue weighted by Gasteiger charge is 2.21. The molecule has 5 heterocycles. The number of H-pyrrole nitrogens is 2. The van der Waals surface area contributed by atoms with Gasteiger partial charge in [0.25, 0.3) is 0 Å². The number of pyridine rings is 1. The van der Waals surface area contributed by atoms with E-state index < -0.39 is 26.3 Å². The quantitative estimate of drug-likeness (QED) is 0.0370. The van der Waals surface area contributed by atoms with Crippen LogP contribution in [0.25, 0.3) is 27.8 Å². The third-order valence-electron chi connectivity index (χ3n) is 12.3. The lowest BCUT2D eigenvalue weighted by Crippen LogP contribution is -2.45. The number of hydrogen-bond acceptors (Lipinski definition) is 15. The summed E-state index contributed by atoms with van der Waals surface area (Å²) in [6.45, 7) is 6.04. The highest BCUT2D eigenvalue weighted by molar-refractivity contribution is 7.87. The van der Waals surface area contributed by atoms with Crippen LogP contribution in [0.4, 0.5) is 27.2 Å². The Labute approximate surface area is 427 Å². The first kappa shape index (κ1) is 50.9. The van der Waals surface area contributed by atoms with Crippen LogP contribution >= 0.6 is 0 Å². The molecule has 2 fully saturated rings. The van der Waals surface area contributed by atoms with Gasteiger partial charge in [0.05, 0.1) is 28.4 Å². The molecule has 4 amide bonds. The van der Waals surface area contributed by atoms with Gasteiger partial charge >= 0.3 is 32.3 Å². The van der Waals surface area contributed by atoms with Crippen molar-refractivity contribution in [2.75, 3.05) is 62.3 Å². The van der Waals surface area contributed by atoms with E-state index in [1.54, 1.807) is 78.1 Å². The molecule has 24 heteroatoms. The highest BCUT2D eigenvalue weighted by atomic mass is 32.2. The molecule has 1 aliphatic carbocycles. The Morgan fingerprint density at radius 2 is 1.30 bits per heavy atom. The number of aromatic amines is 2. The largest absolute Gasteiger partial charge is 0.382 e. The van der Waals surface area contributed by atoms with Crippen LogP contribution in [0.15, 0.2) is 138 Å². The van der Waals surface area contributed by atoms with Gasteiger partial charge in [-0.2, -0.15) is 16.8 Å². The Balaban J connectivity index is 0.000000182. The summed E-state index contributed by atoms with van der Waals surface area (Å²) in [7, 11) is -5.94. The summed E-state index contributed by atoms with van der Waals surface area (Å²) in [5.41, 5.74) is 4.68. The SMILES string of the molecule is CN1CCN(CCCNC(=O)Nc2nc3ccc(OS(=O)(=O)c4ccc(-n5ccnc5)cc4)cc3[nH]2)CC1.O=C(NCc1cccnc1)Nc1nc2ccc(OS(=O)(=O)c3ccc(NC4CCCC4)cc3)cc2[nH]1. The predicted octanol–water partition coefficient (Wildman–Crippen LogP) is 6.68. The van der Waals surface area contributed by atoms with Crippen molar-refractivity contribution in [3.8, 4) is 17.2 Å². The molecule has 0 radical (unpaired) electrons. The number of carbonyl (C=O) groups is 2. The molecule has 8 aromatic rings. The molecule has 0 unspecified atom stereocenters. The Morgan fingerprint density at radius 3 is 1.86 bits per heavy atom. The number of imidazole rings is 3. The number of carbonyl (C=O) groups excluding carboxylic acids is 2. The molecule has 22 nitrogen and oxygen atoms in total. The van der Waals surface area contributed by atoms with Gasteiger partial charge in [-0.05, 0) is 117 Å². The molecule has 0 atom stereocenters. The number of urea groups is 2. The number of benzene rings is 4. The van der Waals surface area contributed by atoms with E-state index in [1.807, 2.05) is 6.07 Å². The number of rotatable bonds is 17. The van der Waals surface area contributed by atoms with Gasteiger partial charge in [0.2, 0.25) is 11.9 Å². The number of fused-ring (bicyclic) bond motifs is 2. The molecule has 1 aliphatic heterocycles. The summed E-state index contributed by atoms with van der Waals surface area (Å²) in [5, 5.41) is 14.3. The number of anilines is 3. The molecule has 2 aliphatic rings. The van der Waals surface area contributed by atoms with Crippen molar-refractivity contribution in [2.45, 2.75) is 54.5 Å². The van der Waals surface area contributed by atoms with Crippen LogP contribution < -0.4 is 35.0 Å². The lowest BCUT2D eigenvalue weighted by molar-refractivity contribution is 0.153. The number of nitrogens with one attached hydrogen (secondary N) is 7. The molecule has 386 valence electrons. The van der Waals surface area contributed by atoms with Crippen molar-refractivity contribution in [1.82, 2.24) is 54.9 Å². The number of amides is 4. The van der Waals surface area contributed by atoms with Crippen LogP contribution in [0.1, 0.15) is 37.7 Å². The second-order valence-corrected chi connectivity index (χ2v) is 20.9. The van der Waals surface area contributed by atoms with Gasteiger partial charge in [-0.25, -0.2) is 24.5 Å². The van der Waals surface area contributed by atoms with E-state index in [9.17, 15) is 26.4 Å². The molecule has 0 bridgehead atoms. The Morgan fingerprint density at radius 1 is 0.703 bits per heavy atom. The zero-order valence-corrected chi connectivity index (χ0v) is 42.0. The average Bonchev–Trinajstić information content (AvgIpc) is 4.25. The van der Waals surface area contributed by atoms with Gasteiger partial charge in [0.1, 0.15) is 21.3 Å². The molecular formula is C50H56N14O8S2. The molecule has 4 aromatic heterocycles. The Kier molecular flexibility index (Phi) is 16.0. The van der Waals surface area contributed by atoms with Gasteiger partial charge in [0, 0.05) is 93.6 Å². The number of likely N-dealkylation sites (N-methyl/N-ethyl adjacent to an activating group) is 1. The topological polar surface area (TPSA) is 276 Å². The van der Waals surface area contributed by atoms with Crippen LogP contribution in [-0.2, 0) is 26.8 Å². The minimum atomic E-state index is -4.05. The standard InChI is InChI=1S/C25H30N8O4S.C25H26N6O4S/c1-31-13-15-32(16-14-31)11-2-9-27-25(34)30-24-28-22-8-5-20(17-23(22)29-24)37-38(35,36)21-6-3-19(4-7-21)33-12-10-26-18-33;32-25(27-16-17-4-3-13-26-15-17)31-24-29-22-12-9-20(14-23(22)30-24)35-36(33,34)21-10-7-19(8-11-21)28-18-5-1-2-6-18/h3-8,10,12,17-18H,2,9,11,13-16H2,1H3,(H3,27,28,29,30,34);3-4,7-15,18,28H,1-2,5-6,16H2,(H3,27,29,30,31,32). The van der Waals surface area contributed by atoms with Crippen LogP contribution in [0.3, 0.4) is 0 Å². The minimum Gasteiger partial charge on any atom is -0.382 e. The fourth-order valence-electron chi connectivity index (χ4n) is 8.33. The minimum absolute atomic E-state index is 0.0257. The smallest absolute Gasteiger partial charge is 0.339 e. The van der Waals surface area contributed by atoms with E-state index in [1.165, 1.54) is 61.4 Å². The van der Waals surface area contributed by atoms with Crippen molar-refractivity contribution in [1.29, 1.82) is 0 Å². The van der Waals surface area contributed by atoms with Crippen molar-refractivity contribution >= 4 is 71.9 Å². The average molecular weight is 1050 g/mol. The van der Waals surface area contributed by atoms with Crippen LogP contribution in [0.2, 0.25) is 0 Å². The van der Waals surface area contributed by atoms with Crippen molar-refractivity contribution in [3.05, 3.63) is 134 Å². The van der Waals surface area contributed by atoms with Crippen molar-refractivity contribution in [3.63, 3.8) is 0 Å². The zero-order chi connectivity index (χ0) is 51.5. The molecule has 4 aromatic carbocycles. The first-order valence-electron chi connectivity index (χ1n) is 24.0. The maximum atomic E-state index is 12.8. The third kappa shape index (κ3) is 13.7. The summed E-state index contributed by atoms with van der Waals surface area (Å²) < 4.78 is 63.6. The molecule has 7 N–H and O–H groups in total. The van der Waals surface area contributed by atoms with Crippen molar-refractivity contribution in [2.24, 2.45) is 0 Å². The summed E-state index contributed by atoms with van der Waals surface area (Å²) in [6, 6.07) is 25.5. The van der Waals surface area contributed by atoms with E-state index in [0.717, 1.165) is 68.9 Å². The predicted molar refractivity (Wildman–Crippen MR) is 279 cm³/mol. The highest BCUT2D eigenvalue weighted by Crippen LogP contribution is 2.28. The summed E-state index contributed by atoms with van der Waals surface area (Å²) >= 11 is 0. The van der Waals surface area contributed by atoms with Gasteiger partial charge in [0.15, 0.2) is 0 Å². The normalized spacial score (nSPS) is 14.5. The zero-order valence-electron chi connectivity index (χ0n) is 40.4. The van der Waals surface area contributed by atoms with Crippen LogP contribution in [0.5, 0.6) is 11.5 Å². The summed E-state index contributed by atoms with van der Waals surface area (Å²) in [4.78, 5) is 51.8. The van der Waals surface area contributed by atoms with Crippen LogP contribution in [-0.4, -0.2) is 126 Å². The van der Waals surface area contributed by atoms with E-state index in [0.29, 0.717) is 41.2 Å². The summed E-state index contributed by atoms with van der Waals surface area (Å²) in [5.74, 6) is 0.734. The monoisotopic (exact) mass is 1040 g/mol. The van der Waals surface area contributed by atoms with E-state index in [2.05, 4.69) is 73.3 Å².